The number of methoxy groups -OCH3 is 1. The molecule has 1 aromatic carbocycles. The van der Waals surface area contributed by atoms with Gasteiger partial charge in [0.15, 0.2) is 5.69 Å². The fraction of sp³-hybridized carbons (Fsp3) is 0.375. The summed E-state index contributed by atoms with van der Waals surface area (Å²) in [5.74, 6) is -0.608. The maximum absolute atomic E-state index is 13.0. The molecule has 1 aromatic heterocycles. The summed E-state index contributed by atoms with van der Waals surface area (Å²) in [6.45, 7) is 2.65. The topological polar surface area (TPSA) is 67.6 Å². The number of hydrogen-bond acceptors (Lipinski definition) is 4. The predicted octanol–water partition coefficient (Wildman–Crippen LogP) is 1.40. The SMILES string of the molecule is COCCN(CCO)C(=O)c1cc(C)n(-c2ccc(F)cc2)n1. The molecule has 0 bridgehead atoms. The Kier molecular flexibility index (Phi) is 5.84. The summed E-state index contributed by atoms with van der Waals surface area (Å²) in [4.78, 5) is 14.0. The summed E-state index contributed by atoms with van der Waals surface area (Å²) in [7, 11) is 1.55. The molecule has 2 aromatic rings. The van der Waals surface area contributed by atoms with Gasteiger partial charge in [-0.25, -0.2) is 9.07 Å². The van der Waals surface area contributed by atoms with Gasteiger partial charge >= 0.3 is 0 Å². The molecule has 0 radical (unpaired) electrons. The van der Waals surface area contributed by atoms with Crippen molar-refractivity contribution in [2.75, 3.05) is 33.4 Å². The van der Waals surface area contributed by atoms with Crippen LogP contribution in [0.5, 0.6) is 0 Å². The molecule has 2 rings (SSSR count). The summed E-state index contributed by atoms with van der Waals surface area (Å²) in [5.41, 5.74) is 1.71. The Balaban J connectivity index is 2.24. The van der Waals surface area contributed by atoms with Crippen LogP contribution in [0.4, 0.5) is 4.39 Å². The largest absolute Gasteiger partial charge is 0.395 e. The van der Waals surface area contributed by atoms with Crippen molar-refractivity contribution in [1.82, 2.24) is 14.7 Å². The Bertz CT molecular complexity index is 655. The first-order chi connectivity index (χ1) is 11.1. The first-order valence-electron chi connectivity index (χ1n) is 7.28. The fourth-order valence-electron chi connectivity index (χ4n) is 2.22. The normalized spacial score (nSPS) is 10.8. The predicted molar refractivity (Wildman–Crippen MR) is 83.1 cm³/mol. The van der Waals surface area contributed by atoms with Crippen LogP contribution in [0.15, 0.2) is 30.3 Å². The summed E-state index contributed by atoms with van der Waals surface area (Å²) in [6, 6.07) is 7.55. The molecule has 7 heteroatoms. The minimum atomic E-state index is -0.330. The van der Waals surface area contributed by atoms with Gasteiger partial charge in [0.05, 0.1) is 18.9 Å². The third-order valence-electron chi connectivity index (χ3n) is 3.40. The van der Waals surface area contributed by atoms with Crippen LogP contribution in [-0.2, 0) is 4.74 Å². The zero-order valence-electron chi connectivity index (χ0n) is 13.2. The molecule has 6 nitrogen and oxygen atoms in total. The highest BCUT2D eigenvalue weighted by atomic mass is 19.1. The lowest BCUT2D eigenvalue weighted by atomic mass is 10.3. The van der Waals surface area contributed by atoms with Gasteiger partial charge < -0.3 is 14.7 Å². The van der Waals surface area contributed by atoms with Gasteiger partial charge in [-0.1, -0.05) is 0 Å². The average Bonchev–Trinajstić information content (AvgIpc) is 2.93. The Morgan fingerprint density at radius 2 is 2.04 bits per heavy atom. The average molecular weight is 321 g/mol. The number of aliphatic hydroxyl groups excluding tert-OH is 1. The van der Waals surface area contributed by atoms with Gasteiger partial charge in [0, 0.05) is 25.9 Å². The molecule has 0 aliphatic heterocycles. The zero-order valence-corrected chi connectivity index (χ0v) is 13.2. The van der Waals surface area contributed by atoms with Crippen LogP contribution in [0.1, 0.15) is 16.2 Å². The zero-order chi connectivity index (χ0) is 16.8. The number of amides is 1. The van der Waals surface area contributed by atoms with E-state index in [1.807, 2.05) is 6.92 Å². The summed E-state index contributed by atoms with van der Waals surface area (Å²) in [5, 5.41) is 13.4. The molecule has 0 spiro atoms. The monoisotopic (exact) mass is 321 g/mol. The molecule has 124 valence electrons. The molecule has 23 heavy (non-hydrogen) atoms. The minimum absolute atomic E-state index is 0.132. The standard InChI is InChI=1S/C16H20FN3O3/c1-12-11-15(16(22)19(7-9-21)8-10-23-2)18-20(12)14-5-3-13(17)4-6-14/h3-6,11,21H,7-10H2,1-2H3. The van der Waals surface area contributed by atoms with Gasteiger partial charge in [0.25, 0.3) is 5.91 Å². The number of ether oxygens (including phenoxy) is 1. The Morgan fingerprint density at radius 1 is 1.35 bits per heavy atom. The molecule has 0 fully saturated rings. The second-order valence-corrected chi connectivity index (χ2v) is 5.07. The van der Waals surface area contributed by atoms with Gasteiger partial charge in [-0.05, 0) is 37.3 Å². The third kappa shape index (κ3) is 4.14. The van der Waals surface area contributed by atoms with Crippen LogP contribution in [0.2, 0.25) is 0 Å². The van der Waals surface area contributed by atoms with E-state index in [0.29, 0.717) is 18.8 Å². The molecular weight excluding hydrogens is 301 g/mol. The van der Waals surface area contributed by atoms with E-state index in [9.17, 15) is 9.18 Å². The van der Waals surface area contributed by atoms with Gasteiger partial charge in [0.2, 0.25) is 0 Å². The van der Waals surface area contributed by atoms with Crippen LogP contribution in [0.3, 0.4) is 0 Å². The minimum Gasteiger partial charge on any atom is -0.395 e. The van der Waals surface area contributed by atoms with E-state index in [1.54, 1.807) is 30.0 Å². The molecule has 0 atom stereocenters. The fourth-order valence-corrected chi connectivity index (χ4v) is 2.22. The number of benzene rings is 1. The van der Waals surface area contributed by atoms with Gasteiger partial charge in [-0.15, -0.1) is 0 Å². The van der Waals surface area contributed by atoms with Crippen LogP contribution in [0, 0.1) is 12.7 Å². The maximum Gasteiger partial charge on any atom is 0.274 e. The quantitative estimate of drug-likeness (QED) is 0.837. The maximum atomic E-state index is 13.0. The lowest BCUT2D eigenvalue weighted by Gasteiger charge is -2.20. The summed E-state index contributed by atoms with van der Waals surface area (Å²) >= 11 is 0. The molecule has 1 N–H and O–H groups in total. The summed E-state index contributed by atoms with van der Waals surface area (Å²) in [6.07, 6.45) is 0. The van der Waals surface area contributed by atoms with Crippen molar-refractivity contribution in [3.05, 3.63) is 47.5 Å². The molecule has 1 amide bonds. The second-order valence-electron chi connectivity index (χ2n) is 5.07. The number of halogens is 1. The Hall–Kier alpha value is -2.25. The first-order valence-corrected chi connectivity index (χ1v) is 7.28. The highest BCUT2D eigenvalue weighted by molar-refractivity contribution is 5.92. The molecule has 0 aliphatic carbocycles. The van der Waals surface area contributed by atoms with E-state index in [0.717, 1.165) is 5.69 Å². The molecule has 0 saturated heterocycles. The number of aryl methyl sites for hydroxylation is 1. The smallest absolute Gasteiger partial charge is 0.274 e. The lowest BCUT2D eigenvalue weighted by molar-refractivity contribution is 0.0650. The van der Waals surface area contributed by atoms with Crippen LogP contribution < -0.4 is 0 Å². The van der Waals surface area contributed by atoms with Crippen LogP contribution in [0.25, 0.3) is 5.69 Å². The third-order valence-corrected chi connectivity index (χ3v) is 3.40. The number of aliphatic hydroxyl groups is 1. The van der Waals surface area contributed by atoms with Crippen LogP contribution >= 0.6 is 0 Å². The van der Waals surface area contributed by atoms with Crippen molar-refractivity contribution in [3.63, 3.8) is 0 Å². The molecule has 0 saturated carbocycles. The number of nitrogens with zero attached hydrogens (tertiary/aromatic N) is 3. The van der Waals surface area contributed by atoms with E-state index in [1.165, 1.54) is 17.0 Å². The van der Waals surface area contributed by atoms with Gasteiger partial charge in [0.1, 0.15) is 5.82 Å². The number of carbonyl (C=O) groups excluding carboxylic acids is 1. The highest BCUT2D eigenvalue weighted by Gasteiger charge is 2.19. The number of rotatable bonds is 7. The van der Waals surface area contributed by atoms with Crippen molar-refractivity contribution in [2.45, 2.75) is 6.92 Å². The van der Waals surface area contributed by atoms with Crippen molar-refractivity contribution in [1.29, 1.82) is 0 Å². The van der Waals surface area contributed by atoms with Crippen molar-refractivity contribution in [2.24, 2.45) is 0 Å². The number of hydrogen-bond donors (Lipinski definition) is 1. The summed E-state index contributed by atoms with van der Waals surface area (Å²) < 4.78 is 19.6. The second kappa shape index (κ2) is 7.85. The van der Waals surface area contributed by atoms with E-state index >= 15 is 0 Å². The molecule has 1 heterocycles. The van der Waals surface area contributed by atoms with Gasteiger partial charge in [-0.3, -0.25) is 4.79 Å². The van der Waals surface area contributed by atoms with Crippen molar-refractivity contribution >= 4 is 5.91 Å². The van der Waals surface area contributed by atoms with Crippen molar-refractivity contribution < 1.29 is 19.0 Å². The van der Waals surface area contributed by atoms with E-state index < -0.39 is 0 Å². The first kappa shape index (κ1) is 17.1. The highest BCUT2D eigenvalue weighted by Crippen LogP contribution is 2.14. The van der Waals surface area contributed by atoms with Gasteiger partial charge in [-0.2, -0.15) is 5.10 Å². The lowest BCUT2D eigenvalue weighted by Crippen LogP contribution is -2.36. The number of carbonyl (C=O) groups is 1. The van der Waals surface area contributed by atoms with E-state index in [4.69, 9.17) is 9.84 Å². The van der Waals surface area contributed by atoms with Crippen molar-refractivity contribution in [3.8, 4) is 5.69 Å². The Labute approximate surface area is 134 Å². The molecular formula is C16H20FN3O3. The van der Waals surface area contributed by atoms with E-state index in [-0.39, 0.29) is 30.6 Å². The molecule has 0 unspecified atom stereocenters. The van der Waals surface area contributed by atoms with Crippen LogP contribution in [-0.4, -0.2) is 59.1 Å². The number of aromatic nitrogens is 2. The van der Waals surface area contributed by atoms with E-state index in [2.05, 4.69) is 5.10 Å². The Morgan fingerprint density at radius 3 is 2.65 bits per heavy atom. The molecule has 0 aliphatic rings.